The van der Waals surface area contributed by atoms with Gasteiger partial charge in [0.15, 0.2) is 11.6 Å². The van der Waals surface area contributed by atoms with Gasteiger partial charge in [-0.25, -0.2) is 4.98 Å². The van der Waals surface area contributed by atoms with E-state index in [9.17, 15) is 4.79 Å². The molecule has 8 heteroatoms. The Labute approximate surface area is 123 Å². The number of anilines is 1. The van der Waals surface area contributed by atoms with Gasteiger partial charge >= 0.3 is 0 Å². The van der Waals surface area contributed by atoms with Gasteiger partial charge in [-0.1, -0.05) is 13.3 Å². The summed E-state index contributed by atoms with van der Waals surface area (Å²) in [5.74, 6) is 0.986. The van der Waals surface area contributed by atoms with Crippen LogP contribution in [0.15, 0.2) is 18.5 Å². The molecule has 0 aliphatic heterocycles. The third-order valence-corrected chi connectivity index (χ3v) is 2.83. The van der Waals surface area contributed by atoms with E-state index in [4.69, 9.17) is 5.73 Å². The van der Waals surface area contributed by atoms with E-state index in [0.29, 0.717) is 12.2 Å². The summed E-state index contributed by atoms with van der Waals surface area (Å²) in [6.07, 6.45) is 5.06. The van der Waals surface area contributed by atoms with Crippen LogP contribution in [0.5, 0.6) is 0 Å². The van der Waals surface area contributed by atoms with Gasteiger partial charge in [-0.2, -0.15) is 5.10 Å². The molecule has 0 aliphatic carbocycles. The molecule has 20 heavy (non-hydrogen) atoms. The maximum atomic E-state index is 11.8. The van der Waals surface area contributed by atoms with Gasteiger partial charge in [-0.15, -0.1) is 12.4 Å². The molecule has 2 aromatic heterocycles. The number of amides is 1. The van der Waals surface area contributed by atoms with Crippen molar-refractivity contribution in [3.63, 3.8) is 0 Å². The first-order valence-corrected chi connectivity index (χ1v) is 6.21. The SMILES string of the molecule is CCCC(N)C(=O)Nc1cc(-c2nccn2C)[nH]n1.Cl. The Morgan fingerprint density at radius 1 is 1.60 bits per heavy atom. The van der Waals surface area contributed by atoms with Crippen LogP contribution in [0.25, 0.3) is 11.5 Å². The van der Waals surface area contributed by atoms with Crippen LogP contribution >= 0.6 is 12.4 Å². The zero-order chi connectivity index (χ0) is 13.8. The fourth-order valence-corrected chi connectivity index (χ4v) is 1.79. The van der Waals surface area contributed by atoms with E-state index in [0.717, 1.165) is 17.9 Å². The highest BCUT2D eigenvalue weighted by Crippen LogP contribution is 2.17. The highest BCUT2D eigenvalue weighted by Gasteiger charge is 2.14. The number of hydrogen-bond donors (Lipinski definition) is 3. The summed E-state index contributed by atoms with van der Waals surface area (Å²) in [4.78, 5) is 16.0. The monoisotopic (exact) mass is 298 g/mol. The number of aromatic amines is 1. The van der Waals surface area contributed by atoms with E-state index in [2.05, 4.69) is 20.5 Å². The third-order valence-electron chi connectivity index (χ3n) is 2.83. The molecule has 0 radical (unpaired) electrons. The number of nitrogens with zero attached hydrogens (tertiary/aromatic N) is 3. The van der Waals surface area contributed by atoms with E-state index >= 15 is 0 Å². The molecule has 0 aliphatic rings. The van der Waals surface area contributed by atoms with Crippen LogP contribution in [-0.2, 0) is 11.8 Å². The van der Waals surface area contributed by atoms with Gasteiger partial charge in [0.05, 0.1) is 6.04 Å². The number of aryl methyl sites for hydroxylation is 1. The minimum atomic E-state index is -0.502. The predicted molar refractivity (Wildman–Crippen MR) is 79.6 cm³/mol. The summed E-state index contributed by atoms with van der Waals surface area (Å²) in [5, 5.41) is 9.55. The average Bonchev–Trinajstić information content (AvgIpc) is 2.98. The van der Waals surface area contributed by atoms with Gasteiger partial charge in [0.2, 0.25) is 5.91 Å². The Kier molecular flexibility index (Phi) is 5.72. The van der Waals surface area contributed by atoms with Crippen molar-refractivity contribution in [3.8, 4) is 11.5 Å². The molecular formula is C12H19ClN6O. The first-order valence-electron chi connectivity index (χ1n) is 6.21. The van der Waals surface area contributed by atoms with E-state index < -0.39 is 6.04 Å². The second-order valence-electron chi connectivity index (χ2n) is 4.41. The van der Waals surface area contributed by atoms with E-state index in [1.54, 1.807) is 12.3 Å². The molecular weight excluding hydrogens is 280 g/mol. The molecule has 2 rings (SSSR count). The number of nitrogens with one attached hydrogen (secondary N) is 2. The fourth-order valence-electron chi connectivity index (χ4n) is 1.79. The molecule has 110 valence electrons. The van der Waals surface area contributed by atoms with Crippen molar-refractivity contribution in [2.24, 2.45) is 12.8 Å². The lowest BCUT2D eigenvalue weighted by molar-refractivity contribution is -0.117. The van der Waals surface area contributed by atoms with Gasteiger partial charge in [0, 0.05) is 25.5 Å². The van der Waals surface area contributed by atoms with Crippen molar-refractivity contribution >= 4 is 24.1 Å². The van der Waals surface area contributed by atoms with Gasteiger partial charge in [0.25, 0.3) is 0 Å². The van der Waals surface area contributed by atoms with Gasteiger partial charge < -0.3 is 15.6 Å². The van der Waals surface area contributed by atoms with Crippen LogP contribution in [0, 0.1) is 0 Å². The second-order valence-corrected chi connectivity index (χ2v) is 4.41. The van der Waals surface area contributed by atoms with Crippen LogP contribution in [0.2, 0.25) is 0 Å². The third kappa shape index (κ3) is 3.58. The normalized spacial score (nSPS) is 11.8. The van der Waals surface area contributed by atoms with Crippen LogP contribution in [0.3, 0.4) is 0 Å². The average molecular weight is 299 g/mol. The highest BCUT2D eigenvalue weighted by atomic mass is 35.5. The molecule has 0 bridgehead atoms. The number of H-pyrrole nitrogens is 1. The topological polar surface area (TPSA) is 102 Å². The van der Waals surface area contributed by atoms with E-state index in [1.807, 2.05) is 24.7 Å². The lowest BCUT2D eigenvalue weighted by Crippen LogP contribution is -2.35. The van der Waals surface area contributed by atoms with E-state index in [-0.39, 0.29) is 18.3 Å². The van der Waals surface area contributed by atoms with Crippen molar-refractivity contribution in [1.82, 2.24) is 19.7 Å². The maximum absolute atomic E-state index is 11.8. The number of hydrogen-bond acceptors (Lipinski definition) is 4. The number of aromatic nitrogens is 4. The molecule has 1 amide bonds. The zero-order valence-corrected chi connectivity index (χ0v) is 12.3. The Morgan fingerprint density at radius 3 is 2.95 bits per heavy atom. The molecule has 0 saturated carbocycles. The summed E-state index contributed by atoms with van der Waals surface area (Å²) < 4.78 is 1.86. The number of rotatable bonds is 5. The fraction of sp³-hybridized carbons (Fsp3) is 0.417. The Bertz CT molecular complexity index is 564. The molecule has 0 saturated heterocycles. The Morgan fingerprint density at radius 2 is 2.35 bits per heavy atom. The quantitative estimate of drug-likeness (QED) is 0.774. The van der Waals surface area contributed by atoms with E-state index in [1.165, 1.54) is 0 Å². The first kappa shape index (κ1) is 16.2. The summed E-state index contributed by atoms with van der Waals surface area (Å²) in [6.45, 7) is 1.99. The van der Waals surface area contributed by atoms with Crippen molar-refractivity contribution < 1.29 is 4.79 Å². The van der Waals surface area contributed by atoms with Gasteiger partial charge in [-0.3, -0.25) is 9.89 Å². The molecule has 4 N–H and O–H groups in total. The summed E-state index contributed by atoms with van der Waals surface area (Å²) in [5.41, 5.74) is 6.48. The van der Waals surface area contributed by atoms with Gasteiger partial charge in [0.1, 0.15) is 5.69 Å². The summed E-state index contributed by atoms with van der Waals surface area (Å²) in [7, 11) is 1.89. The predicted octanol–water partition coefficient (Wildman–Crippen LogP) is 1.30. The summed E-state index contributed by atoms with van der Waals surface area (Å²) in [6, 6.07) is 1.23. The zero-order valence-electron chi connectivity index (χ0n) is 11.5. The lowest BCUT2D eigenvalue weighted by atomic mass is 10.2. The second kappa shape index (κ2) is 7.06. The largest absolute Gasteiger partial charge is 0.333 e. The maximum Gasteiger partial charge on any atom is 0.242 e. The highest BCUT2D eigenvalue weighted by molar-refractivity contribution is 5.94. The standard InChI is InChI=1S/C12H18N6O.ClH/c1-3-4-8(13)12(19)15-10-7-9(16-17-10)11-14-5-6-18(11)2;/h5-8H,3-4,13H2,1-2H3,(H2,15,16,17,19);1H. The molecule has 0 fully saturated rings. The smallest absolute Gasteiger partial charge is 0.242 e. The number of carbonyl (C=O) groups excluding carboxylic acids is 1. The van der Waals surface area contributed by atoms with Crippen molar-refractivity contribution in [2.45, 2.75) is 25.8 Å². The minimum absolute atomic E-state index is 0. The van der Waals surface area contributed by atoms with Crippen molar-refractivity contribution in [1.29, 1.82) is 0 Å². The molecule has 0 spiro atoms. The van der Waals surface area contributed by atoms with Gasteiger partial charge in [-0.05, 0) is 6.42 Å². The molecule has 1 atom stereocenters. The number of nitrogens with two attached hydrogens (primary N) is 1. The Hall–Kier alpha value is -1.86. The molecule has 2 aromatic rings. The number of halogens is 1. The molecule has 1 unspecified atom stereocenters. The van der Waals surface area contributed by atoms with Crippen LogP contribution in [0.4, 0.5) is 5.82 Å². The Balaban J connectivity index is 0.00000200. The number of imidazole rings is 1. The summed E-state index contributed by atoms with van der Waals surface area (Å²) >= 11 is 0. The van der Waals surface area contributed by atoms with Crippen molar-refractivity contribution in [3.05, 3.63) is 18.5 Å². The first-order chi connectivity index (χ1) is 9.11. The van der Waals surface area contributed by atoms with Crippen LogP contribution < -0.4 is 11.1 Å². The van der Waals surface area contributed by atoms with Crippen LogP contribution in [0.1, 0.15) is 19.8 Å². The molecule has 0 aromatic carbocycles. The molecule has 2 heterocycles. The lowest BCUT2D eigenvalue weighted by Gasteiger charge is -2.08. The molecule has 7 nitrogen and oxygen atoms in total. The minimum Gasteiger partial charge on any atom is -0.333 e. The van der Waals surface area contributed by atoms with Crippen molar-refractivity contribution in [2.75, 3.05) is 5.32 Å². The van der Waals surface area contributed by atoms with Crippen LogP contribution in [-0.4, -0.2) is 31.7 Å². The number of carbonyl (C=O) groups is 1.